The van der Waals surface area contributed by atoms with E-state index in [4.69, 9.17) is 15.0 Å². The summed E-state index contributed by atoms with van der Waals surface area (Å²) in [6.07, 6.45) is -1.18. The lowest BCUT2D eigenvalue weighted by Gasteiger charge is -1.95. The number of carboxylic acid groups (broad SMARTS) is 2. The van der Waals surface area contributed by atoms with E-state index in [2.05, 4.69) is 25.6 Å². The summed E-state index contributed by atoms with van der Waals surface area (Å²) >= 11 is 6.58. The topological polar surface area (TPSA) is 77.8 Å². The van der Waals surface area contributed by atoms with E-state index in [0.717, 1.165) is 6.92 Å². The lowest BCUT2D eigenvalue weighted by Crippen LogP contribution is -2.05. The zero-order valence-corrected chi connectivity index (χ0v) is 6.84. The zero-order chi connectivity index (χ0) is 8.73. The molecule has 0 fully saturated rings. The Morgan fingerprint density at radius 1 is 1.30 bits per heavy atom. The third kappa shape index (κ3) is 26.1. The van der Waals surface area contributed by atoms with Crippen LogP contribution in [-0.2, 0) is 4.79 Å². The average molecular weight is 185 g/mol. The molecule has 0 saturated heterocycles. The summed E-state index contributed by atoms with van der Waals surface area (Å²) in [4.78, 5) is 18.5. The second-order valence-corrected chi connectivity index (χ2v) is 2.21. The molecule has 0 aliphatic rings. The van der Waals surface area contributed by atoms with Crippen molar-refractivity contribution in [1.29, 1.82) is 0 Å². The fourth-order valence-corrected chi connectivity index (χ4v) is 0. The Labute approximate surface area is 68.7 Å². The number of carbonyl (C=O) groups is 2. The van der Waals surface area contributed by atoms with Gasteiger partial charge in [0.05, 0.1) is 0 Å². The SMILES string of the molecule is CC(=O)O.O=C(O)N(S)S. The van der Waals surface area contributed by atoms with Crippen LogP contribution >= 0.6 is 25.6 Å². The molecule has 0 aliphatic heterocycles. The Bertz CT molecular complexity index is 122. The van der Waals surface area contributed by atoms with E-state index >= 15 is 0 Å². The molecule has 10 heavy (non-hydrogen) atoms. The van der Waals surface area contributed by atoms with Gasteiger partial charge in [0, 0.05) is 6.92 Å². The molecule has 60 valence electrons. The Kier molecular flexibility index (Phi) is 7.97. The Hall–Kier alpha value is -0.560. The molecule has 0 aromatic rings. The van der Waals surface area contributed by atoms with Gasteiger partial charge in [-0.1, -0.05) is 0 Å². The summed E-state index contributed by atoms with van der Waals surface area (Å²) < 4.78 is 0.472. The largest absolute Gasteiger partial charge is 0.481 e. The number of aliphatic carboxylic acids is 1. The molecule has 2 N–H and O–H groups in total. The van der Waals surface area contributed by atoms with Crippen LogP contribution in [-0.4, -0.2) is 26.0 Å². The van der Waals surface area contributed by atoms with Gasteiger partial charge < -0.3 is 10.2 Å². The lowest BCUT2D eigenvalue weighted by atomic mass is 10.9. The van der Waals surface area contributed by atoms with Gasteiger partial charge in [-0.15, -0.1) is 0 Å². The molecular formula is C3H7NO4S2. The van der Waals surface area contributed by atoms with E-state index in [-0.39, 0.29) is 0 Å². The van der Waals surface area contributed by atoms with Crippen molar-refractivity contribution >= 4 is 37.7 Å². The zero-order valence-electron chi connectivity index (χ0n) is 5.05. The minimum atomic E-state index is -1.18. The molecule has 0 aromatic heterocycles. The van der Waals surface area contributed by atoms with Crippen LogP contribution in [0.1, 0.15) is 6.92 Å². The Balaban J connectivity index is 0. The average Bonchev–Trinajstić information content (AvgIpc) is 1.63. The highest BCUT2D eigenvalue weighted by atomic mass is 32.2. The van der Waals surface area contributed by atoms with Crippen LogP contribution in [0.15, 0.2) is 0 Å². The predicted octanol–water partition coefficient (Wildman–Crippen LogP) is 0.747. The second kappa shape index (κ2) is 6.56. The van der Waals surface area contributed by atoms with Gasteiger partial charge >= 0.3 is 6.09 Å². The lowest BCUT2D eigenvalue weighted by molar-refractivity contribution is -0.134. The van der Waals surface area contributed by atoms with Crippen molar-refractivity contribution in [3.05, 3.63) is 0 Å². The molecule has 0 heterocycles. The molecule has 0 aliphatic carbocycles. The predicted molar refractivity (Wildman–Crippen MR) is 41.1 cm³/mol. The first-order valence-electron chi connectivity index (χ1n) is 1.98. The molecule has 0 atom stereocenters. The van der Waals surface area contributed by atoms with E-state index in [1.54, 1.807) is 0 Å². The first-order valence-corrected chi connectivity index (χ1v) is 2.78. The van der Waals surface area contributed by atoms with Crippen molar-refractivity contribution in [2.45, 2.75) is 6.92 Å². The van der Waals surface area contributed by atoms with Gasteiger partial charge in [-0.3, -0.25) is 4.79 Å². The number of hydrogen-bond donors (Lipinski definition) is 4. The van der Waals surface area contributed by atoms with Gasteiger partial charge in [0.1, 0.15) is 0 Å². The molecular weight excluding hydrogens is 178 g/mol. The maximum absolute atomic E-state index is 9.47. The Morgan fingerprint density at radius 2 is 1.40 bits per heavy atom. The van der Waals surface area contributed by atoms with Crippen LogP contribution in [0.25, 0.3) is 0 Å². The number of hydrogen-bond acceptors (Lipinski definition) is 4. The first-order chi connectivity index (χ1) is 4.37. The second-order valence-electron chi connectivity index (χ2n) is 1.09. The molecule has 7 heteroatoms. The summed E-state index contributed by atoms with van der Waals surface area (Å²) in [6.45, 7) is 1.08. The maximum Gasteiger partial charge on any atom is 0.427 e. The molecule has 5 nitrogen and oxygen atoms in total. The molecule has 1 amide bonds. The fraction of sp³-hybridized carbons (Fsp3) is 0.333. The summed E-state index contributed by atoms with van der Waals surface area (Å²) in [6, 6.07) is 0. The van der Waals surface area contributed by atoms with Gasteiger partial charge in [0.15, 0.2) is 0 Å². The normalized spacial score (nSPS) is 7.10. The van der Waals surface area contributed by atoms with Crippen molar-refractivity contribution in [3.63, 3.8) is 0 Å². The molecule has 0 rings (SSSR count). The van der Waals surface area contributed by atoms with E-state index in [0.29, 0.717) is 3.71 Å². The number of amides is 1. The quantitative estimate of drug-likeness (QED) is 0.420. The van der Waals surface area contributed by atoms with Crippen molar-refractivity contribution in [2.75, 3.05) is 0 Å². The minimum Gasteiger partial charge on any atom is -0.481 e. The summed E-state index contributed by atoms with van der Waals surface area (Å²) in [7, 11) is 0. The van der Waals surface area contributed by atoms with E-state index in [1.807, 2.05) is 0 Å². The summed E-state index contributed by atoms with van der Waals surface area (Å²) in [5.41, 5.74) is 0. The first kappa shape index (κ1) is 12.1. The third-order valence-electron chi connectivity index (χ3n) is 0.171. The summed E-state index contributed by atoms with van der Waals surface area (Å²) in [5.74, 6) is -0.833. The highest BCUT2D eigenvalue weighted by molar-refractivity contribution is 7.94. The smallest absolute Gasteiger partial charge is 0.427 e. The van der Waals surface area contributed by atoms with E-state index < -0.39 is 12.1 Å². The van der Waals surface area contributed by atoms with Crippen LogP contribution < -0.4 is 0 Å². The number of carboxylic acids is 1. The van der Waals surface area contributed by atoms with E-state index in [1.165, 1.54) is 0 Å². The van der Waals surface area contributed by atoms with Gasteiger partial charge in [-0.2, -0.15) is 3.71 Å². The van der Waals surface area contributed by atoms with E-state index in [9.17, 15) is 4.79 Å². The molecule has 0 aromatic carbocycles. The van der Waals surface area contributed by atoms with Crippen molar-refractivity contribution in [1.82, 2.24) is 3.71 Å². The molecule has 0 saturated carbocycles. The minimum absolute atomic E-state index is 0.472. The van der Waals surface area contributed by atoms with Crippen molar-refractivity contribution in [3.8, 4) is 0 Å². The van der Waals surface area contributed by atoms with Crippen LogP contribution in [0.5, 0.6) is 0 Å². The van der Waals surface area contributed by atoms with Gasteiger partial charge in [-0.05, 0) is 25.6 Å². The van der Waals surface area contributed by atoms with Crippen LogP contribution in [0.3, 0.4) is 0 Å². The molecule has 0 spiro atoms. The van der Waals surface area contributed by atoms with Gasteiger partial charge in [-0.25, -0.2) is 4.79 Å². The van der Waals surface area contributed by atoms with Crippen LogP contribution in [0, 0.1) is 0 Å². The van der Waals surface area contributed by atoms with Gasteiger partial charge in [0.2, 0.25) is 0 Å². The molecule has 0 unspecified atom stereocenters. The molecule has 0 radical (unpaired) electrons. The van der Waals surface area contributed by atoms with Crippen molar-refractivity contribution in [2.24, 2.45) is 0 Å². The highest BCUT2D eigenvalue weighted by Crippen LogP contribution is 1.94. The summed E-state index contributed by atoms with van der Waals surface area (Å²) in [5, 5.41) is 15.2. The maximum atomic E-state index is 9.47. The number of rotatable bonds is 0. The third-order valence-corrected chi connectivity index (χ3v) is 0.513. The van der Waals surface area contributed by atoms with Gasteiger partial charge in [0.25, 0.3) is 5.97 Å². The van der Waals surface area contributed by atoms with Crippen LogP contribution in [0.4, 0.5) is 4.79 Å². The Morgan fingerprint density at radius 3 is 1.40 bits per heavy atom. The monoisotopic (exact) mass is 185 g/mol. The standard InChI is InChI=1S/C2H4O2.CH3NO2S2/c1-2(3)4;3-1(4)2(5)6/h1H3,(H,3,4);5-6H,(H,3,4). The number of nitrogens with zero attached hydrogens (tertiary/aromatic N) is 1. The highest BCUT2D eigenvalue weighted by Gasteiger charge is 1.95. The van der Waals surface area contributed by atoms with Crippen molar-refractivity contribution < 1.29 is 19.8 Å². The number of thiol groups is 2. The fourth-order valence-electron chi connectivity index (χ4n) is 0. The van der Waals surface area contributed by atoms with Crippen LogP contribution in [0.2, 0.25) is 0 Å². The molecule has 0 bridgehead atoms.